The lowest BCUT2D eigenvalue weighted by Crippen LogP contribution is -2.11. The van der Waals surface area contributed by atoms with Gasteiger partial charge in [-0.1, -0.05) is 0 Å². The van der Waals surface area contributed by atoms with Crippen LogP contribution in [0.2, 0.25) is 0 Å². The van der Waals surface area contributed by atoms with Gasteiger partial charge in [0.05, 0.1) is 13.0 Å². The fourth-order valence-corrected chi connectivity index (χ4v) is 0.656. The summed E-state index contributed by atoms with van der Waals surface area (Å²) in [6.45, 7) is 5.83. The number of hydrogen-bond donors (Lipinski definition) is 0. The van der Waals surface area contributed by atoms with Gasteiger partial charge in [0.2, 0.25) is 0 Å². The average molecular weight is 145 g/mol. The quantitative estimate of drug-likeness (QED) is 0.548. The van der Waals surface area contributed by atoms with Gasteiger partial charge in [-0.15, -0.1) is 0 Å². The molecule has 0 radical (unpaired) electrons. The molecule has 0 fully saturated rings. The van der Waals surface area contributed by atoms with Gasteiger partial charge < -0.3 is 9.47 Å². The minimum absolute atomic E-state index is 0.109. The Morgan fingerprint density at radius 2 is 1.80 bits per heavy atom. The van der Waals surface area contributed by atoms with Crippen molar-refractivity contribution < 1.29 is 9.47 Å². The predicted octanol–water partition coefficient (Wildman–Crippen LogP) is 1.65. The molecule has 0 aliphatic heterocycles. The summed E-state index contributed by atoms with van der Waals surface area (Å²) < 4.78 is 10.0. The second-order valence-corrected chi connectivity index (χ2v) is 2.48. The summed E-state index contributed by atoms with van der Waals surface area (Å²) in [5.74, 6) is 0. The van der Waals surface area contributed by atoms with E-state index in [1.807, 2.05) is 6.92 Å². The molecule has 0 saturated carbocycles. The highest BCUT2D eigenvalue weighted by molar-refractivity contribution is 4.61. The van der Waals surface area contributed by atoms with Crippen LogP contribution in [-0.4, -0.2) is 26.4 Å². The SMILES string of the molecule is [CH2+]C(CCC(C)OC)OC. The number of rotatable bonds is 5. The highest BCUT2D eigenvalue weighted by Crippen LogP contribution is 2.04. The Bertz CT molecular complexity index is 63.7. The molecule has 0 rings (SSSR count). The first kappa shape index (κ1) is 9.79. The van der Waals surface area contributed by atoms with Crippen LogP contribution >= 0.6 is 0 Å². The minimum Gasteiger partial charge on any atom is -0.382 e. The molecule has 0 aromatic rings. The summed E-state index contributed by atoms with van der Waals surface area (Å²) in [7, 11) is 3.39. The summed E-state index contributed by atoms with van der Waals surface area (Å²) in [6, 6.07) is 0. The average Bonchev–Trinajstić information content (AvgIpc) is 1.99. The van der Waals surface area contributed by atoms with Crippen LogP contribution in [0.4, 0.5) is 0 Å². The van der Waals surface area contributed by atoms with Crippen LogP contribution in [0.25, 0.3) is 0 Å². The zero-order valence-electron chi connectivity index (χ0n) is 7.09. The van der Waals surface area contributed by atoms with E-state index < -0.39 is 0 Å². The Morgan fingerprint density at radius 3 is 2.20 bits per heavy atom. The van der Waals surface area contributed by atoms with E-state index in [-0.39, 0.29) is 6.10 Å². The maximum Gasteiger partial charge on any atom is 0.194 e. The van der Waals surface area contributed by atoms with Crippen molar-refractivity contribution in [1.29, 1.82) is 0 Å². The van der Waals surface area contributed by atoms with E-state index in [4.69, 9.17) is 9.47 Å². The molecule has 0 aromatic heterocycles. The minimum atomic E-state index is 0.109. The molecule has 2 atom stereocenters. The summed E-state index contributed by atoms with van der Waals surface area (Å²) in [5.41, 5.74) is 0. The van der Waals surface area contributed by atoms with Crippen molar-refractivity contribution in [3.05, 3.63) is 6.92 Å². The molecule has 60 valence electrons. The highest BCUT2D eigenvalue weighted by atomic mass is 16.5. The third-order valence-electron chi connectivity index (χ3n) is 1.63. The van der Waals surface area contributed by atoms with E-state index in [1.54, 1.807) is 14.2 Å². The Balaban J connectivity index is 3.17. The molecule has 0 aliphatic carbocycles. The highest BCUT2D eigenvalue weighted by Gasteiger charge is 2.08. The van der Waals surface area contributed by atoms with E-state index in [2.05, 4.69) is 6.92 Å². The van der Waals surface area contributed by atoms with Crippen molar-refractivity contribution in [2.45, 2.75) is 32.0 Å². The third kappa shape index (κ3) is 4.65. The molecular formula is C8H17O2+. The van der Waals surface area contributed by atoms with Crippen molar-refractivity contribution in [2.24, 2.45) is 0 Å². The van der Waals surface area contributed by atoms with Crippen LogP contribution in [-0.2, 0) is 9.47 Å². The van der Waals surface area contributed by atoms with Crippen LogP contribution in [0.1, 0.15) is 19.8 Å². The summed E-state index contributed by atoms with van der Waals surface area (Å²) in [4.78, 5) is 0. The third-order valence-corrected chi connectivity index (χ3v) is 1.63. The smallest absolute Gasteiger partial charge is 0.194 e. The summed E-state index contributed by atoms with van der Waals surface area (Å²) in [5, 5.41) is 0. The van der Waals surface area contributed by atoms with Crippen molar-refractivity contribution in [2.75, 3.05) is 14.2 Å². The molecule has 0 saturated heterocycles. The second kappa shape index (κ2) is 5.57. The number of methoxy groups -OCH3 is 2. The van der Waals surface area contributed by atoms with Gasteiger partial charge in [-0.3, -0.25) is 0 Å². The van der Waals surface area contributed by atoms with Gasteiger partial charge in [0.25, 0.3) is 0 Å². The largest absolute Gasteiger partial charge is 0.382 e. The maximum absolute atomic E-state index is 5.06. The van der Waals surface area contributed by atoms with Gasteiger partial charge in [0, 0.05) is 20.6 Å². The van der Waals surface area contributed by atoms with Gasteiger partial charge in [-0.05, 0) is 13.3 Å². The molecule has 2 nitrogen and oxygen atoms in total. The number of ether oxygens (including phenoxy) is 2. The first-order chi connectivity index (χ1) is 4.70. The van der Waals surface area contributed by atoms with Crippen LogP contribution in [0, 0.1) is 6.92 Å². The standard InChI is InChI=1S/C8H17O2/c1-7(9-3)5-6-8(2)10-4/h7-8H,1,5-6H2,2-4H3/q+1. The van der Waals surface area contributed by atoms with Gasteiger partial charge in [-0.25, -0.2) is 0 Å². The molecule has 0 aromatic carbocycles. The first-order valence-corrected chi connectivity index (χ1v) is 3.59. The van der Waals surface area contributed by atoms with E-state index >= 15 is 0 Å². The molecule has 10 heavy (non-hydrogen) atoms. The monoisotopic (exact) mass is 145 g/mol. The van der Waals surface area contributed by atoms with Crippen LogP contribution < -0.4 is 0 Å². The zero-order chi connectivity index (χ0) is 7.98. The van der Waals surface area contributed by atoms with Gasteiger partial charge in [0.1, 0.15) is 0 Å². The molecule has 0 spiro atoms. The summed E-state index contributed by atoms with van der Waals surface area (Å²) >= 11 is 0. The molecule has 0 amide bonds. The topological polar surface area (TPSA) is 18.5 Å². The lowest BCUT2D eigenvalue weighted by atomic mass is 10.1. The van der Waals surface area contributed by atoms with E-state index in [0.717, 1.165) is 12.8 Å². The van der Waals surface area contributed by atoms with Crippen LogP contribution in [0.5, 0.6) is 0 Å². The first-order valence-electron chi connectivity index (χ1n) is 3.59. The fourth-order valence-electron chi connectivity index (χ4n) is 0.656. The van der Waals surface area contributed by atoms with Gasteiger partial charge >= 0.3 is 0 Å². The molecule has 0 bridgehead atoms. The van der Waals surface area contributed by atoms with Crippen LogP contribution in [0.3, 0.4) is 0 Å². The molecule has 2 heteroatoms. The lowest BCUT2D eigenvalue weighted by molar-refractivity contribution is 0.0792. The van der Waals surface area contributed by atoms with E-state index in [0.29, 0.717) is 6.10 Å². The maximum atomic E-state index is 5.06. The second-order valence-electron chi connectivity index (χ2n) is 2.48. The molecule has 0 heterocycles. The molecule has 2 unspecified atom stereocenters. The van der Waals surface area contributed by atoms with Crippen molar-refractivity contribution >= 4 is 0 Å². The van der Waals surface area contributed by atoms with E-state index in [1.165, 1.54) is 0 Å². The van der Waals surface area contributed by atoms with Gasteiger partial charge in [-0.2, -0.15) is 0 Å². The Labute approximate surface area is 63.5 Å². The fraction of sp³-hybridized carbons (Fsp3) is 0.875. The Hall–Kier alpha value is -0.210. The van der Waals surface area contributed by atoms with Crippen LogP contribution in [0.15, 0.2) is 0 Å². The van der Waals surface area contributed by atoms with Crippen molar-refractivity contribution in [1.82, 2.24) is 0 Å². The summed E-state index contributed by atoms with van der Waals surface area (Å²) in [6.07, 6.45) is 2.40. The molecular weight excluding hydrogens is 128 g/mol. The van der Waals surface area contributed by atoms with Crippen molar-refractivity contribution in [3.8, 4) is 0 Å². The molecule has 0 aliphatic rings. The Kier molecular flexibility index (Phi) is 5.45. The van der Waals surface area contributed by atoms with Gasteiger partial charge in [0.15, 0.2) is 6.10 Å². The Morgan fingerprint density at radius 1 is 1.20 bits per heavy atom. The zero-order valence-corrected chi connectivity index (χ0v) is 7.09. The van der Waals surface area contributed by atoms with Crippen molar-refractivity contribution in [3.63, 3.8) is 0 Å². The predicted molar refractivity (Wildman–Crippen MR) is 41.9 cm³/mol. The number of hydrogen-bond acceptors (Lipinski definition) is 2. The van der Waals surface area contributed by atoms with E-state index in [9.17, 15) is 0 Å². The lowest BCUT2D eigenvalue weighted by Gasteiger charge is -2.09. The normalized spacial score (nSPS) is 16.7. The molecule has 0 N–H and O–H groups in total.